The van der Waals surface area contributed by atoms with E-state index in [0.717, 1.165) is 16.6 Å². The van der Waals surface area contributed by atoms with E-state index in [4.69, 9.17) is 5.26 Å². The van der Waals surface area contributed by atoms with Gasteiger partial charge in [0.25, 0.3) is 0 Å². The van der Waals surface area contributed by atoms with Gasteiger partial charge in [-0.1, -0.05) is 24.3 Å². The minimum atomic E-state index is -0.287. The van der Waals surface area contributed by atoms with Crippen molar-refractivity contribution in [3.63, 3.8) is 0 Å². The SMILES string of the molecule is CN(C)C(C#N)c1ccc2ccccc2n1. The molecule has 80 valence electrons. The first-order chi connectivity index (χ1) is 7.72. The molecule has 0 bridgehead atoms. The summed E-state index contributed by atoms with van der Waals surface area (Å²) >= 11 is 0. The molecular weight excluding hydrogens is 198 g/mol. The van der Waals surface area contributed by atoms with Crippen LogP contribution in [0.1, 0.15) is 11.7 Å². The molecule has 0 radical (unpaired) electrons. The number of nitriles is 1. The molecule has 0 spiro atoms. The van der Waals surface area contributed by atoms with Crippen LogP contribution >= 0.6 is 0 Å². The maximum Gasteiger partial charge on any atom is 0.140 e. The molecule has 1 heterocycles. The highest BCUT2D eigenvalue weighted by Gasteiger charge is 2.14. The van der Waals surface area contributed by atoms with E-state index in [0.29, 0.717) is 0 Å². The third-order valence-electron chi connectivity index (χ3n) is 2.54. The second-order valence-electron chi connectivity index (χ2n) is 3.92. The molecule has 1 aromatic heterocycles. The van der Waals surface area contributed by atoms with Gasteiger partial charge in [-0.15, -0.1) is 0 Å². The van der Waals surface area contributed by atoms with E-state index in [1.54, 1.807) is 0 Å². The summed E-state index contributed by atoms with van der Waals surface area (Å²) in [5.41, 5.74) is 1.73. The standard InChI is InChI=1S/C13H13N3/c1-16(2)13(9-14)12-8-7-10-5-3-4-6-11(10)15-12/h3-8,13H,1-2H3. The lowest BCUT2D eigenvalue weighted by molar-refractivity contribution is 0.353. The molecule has 0 fully saturated rings. The molecule has 2 aromatic rings. The van der Waals surface area contributed by atoms with Gasteiger partial charge in [-0.05, 0) is 26.2 Å². The van der Waals surface area contributed by atoms with Crippen LogP contribution < -0.4 is 0 Å². The van der Waals surface area contributed by atoms with E-state index >= 15 is 0 Å². The highest BCUT2D eigenvalue weighted by atomic mass is 15.1. The van der Waals surface area contributed by atoms with Crippen LogP contribution in [0.3, 0.4) is 0 Å². The summed E-state index contributed by atoms with van der Waals surface area (Å²) in [4.78, 5) is 6.36. The molecular formula is C13H13N3. The van der Waals surface area contributed by atoms with Crippen LogP contribution in [0.2, 0.25) is 0 Å². The van der Waals surface area contributed by atoms with Crippen molar-refractivity contribution in [2.75, 3.05) is 14.1 Å². The maximum absolute atomic E-state index is 9.09. The van der Waals surface area contributed by atoms with Gasteiger partial charge in [-0.3, -0.25) is 9.88 Å². The lowest BCUT2D eigenvalue weighted by Crippen LogP contribution is -2.19. The van der Waals surface area contributed by atoms with Gasteiger partial charge in [0, 0.05) is 5.39 Å². The van der Waals surface area contributed by atoms with Crippen LogP contribution in [0.25, 0.3) is 10.9 Å². The van der Waals surface area contributed by atoms with Crippen molar-refractivity contribution in [3.05, 3.63) is 42.1 Å². The molecule has 0 saturated heterocycles. The largest absolute Gasteiger partial charge is 0.289 e. The van der Waals surface area contributed by atoms with Crippen LogP contribution in [0.5, 0.6) is 0 Å². The molecule has 1 atom stereocenters. The van der Waals surface area contributed by atoms with Crippen LogP contribution in [-0.2, 0) is 0 Å². The van der Waals surface area contributed by atoms with Gasteiger partial charge >= 0.3 is 0 Å². The summed E-state index contributed by atoms with van der Waals surface area (Å²) in [5, 5.41) is 10.2. The molecule has 2 rings (SSSR count). The fourth-order valence-electron chi connectivity index (χ4n) is 1.68. The summed E-state index contributed by atoms with van der Waals surface area (Å²) < 4.78 is 0. The third kappa shape index (κ3) is 1.88. The summed E-state index contributed by atoms with van der Waals surface area (Å²) in [7, 11) is 3.76. The Labute approximate surface area is 94.9 Å². The molecule has 0 aliphatic rings. The molecule has 0 aliphatic carbocycles. The lowest BCUT2D eigenvalue weighted by atomic mass is 10.1. The Morgan fingerprint density at radius 2 is 1.94 bits per heavy atom. The van der Waals surface area contributed by atoms with Crippen molar-refractivity contribution in [2.45, 2.75) is 6.04 Å². The number of para-hydroxylation sites is 1. The van der Waals surface area contributed by atoms with E-state index in [-0.39, 0.29) is 6.04 Å². The lowest BCUT2D eigenvalue weighted by Gasteiger charge is -2.16. The van der Waals surface area contributed by atoms with Crippen molar-refractivity contribution in [1.29, 1.82) is 5.26 Å². The fraction of sp³-hybridized carbons (Fsp3) is 0.231. The van der Waals surface area contributed by atoms with Crippen molar-refractivity contribution in [1.82, 2.24) is 9.88 Å². The molecule has 0 N–H and O–H groups in total. The van der Waals surface area contributed by atoms with E-state index < -0.39 is 0 Å². The van der Waals surface area contributed by atoms with Crippen LogP contribution in [0, 0.1) is 11.3 Å². The van der Waals surface area contributed by atoms with Crippen LogP contribution in [-0.4, -0.2) is 24.0 Å². The third-order valence-corrected chi connectivity index (χ3v) is 2.54. The Bertz CT molecular complexity index is 540. The van der Waals surface area contributed by atoms with Gasteiger partial charge in [-0.2, -0.15) is 5.26 Å². The number of hydrogen-bond acceptors (Lipinski definition) is 3. The molecule has 1 aromatic carbocycles. The number of benzene rings is 1. The summed E-state index contributed by atoms with van der Waals surface area (Å²) in [6.45, 7) is 0. The van der Waals surface area contributed by atoms with Crippen molar-refractivity contribution in [2.24, 2.45) is 0 Å². The highest BCUT2D eigenvalue weighted by molar-refractivity contribution is 5.78. The number of hydrogen-bond donors (Lipinski definition) is 0. The summed E-state index contributed by atoms with van der Waals surface area (Å²) in [6, 6.07) is 13.8. The Morgan fingerprint density at radius 3 is 2.62 bits per heavy atom. The molecule has 16 heavy (non-hydrogen) atoms. The zero-order valence-corrected chi connectivity index (χ0v) is 9.38. The zero-order valence-electron chi connectivity index (χ0n) is 9.38. The Hall–Kier alpha value is -1.92. The molecule has 0 saturated carbocycles. The number of nitrogens with zero attached hydrogens (tertiary/aromatic N) is 3. The summed E-state index contributed by atoms with van der Waals surface area (Å²) in [5.74, 6) is 0. The predicted octanol–water partition coefficient (Wildman–Crippen LogP) is 2.36. The second-order valence-corrected chi connectivity index (χ2v) is 3.92. The van der Waals surface area contributed by atoms with Gasteiger partial charge in [0.05, 0.1) is 17.3 Å². The van der Waals surface area contributed by atoms with Gasteiger partial charge in [0.15, 0.2) is 0 Å². The first kappa shape index (κ1) is 10.6. The maximum atomic E-state index is 9.09. The number of aromatic nitrogens is 1. The topological polar surface area (TPSA) is 39.9 Å². The highest BCUT2D eigenvalue weighted by Crippen LogP contribution is 2.18. The molecule has 3 heteroatoms. The van der Waals surface area contributed by atoms with Crippen LogP contribution in [0.15, 0.2) is 36.4 Å². The first-order valence-corrected chi connectivity index (χ1v) is 5.14. The minimum Gasteiger partial charge on any atom is -0.289 e. The zero-order chi connectivity index (χ0) is 11.5. The van der Waals surface area contributed by atoms with Gasteiger partial charge in [0.2, 0.25) is 0 Å². The van der Waals surface area contributed by atoms with E-state index in [2.05, 4.69) is 11.1 Å². The molecule has 0 amide bonds. The average Bonchev–Trinajstić information content (AvgIpc) is 2.29. The summed E-state index contributed by atoms with van der Waals surface area (Å²) in [6.07, 6.45) is 0. The van der Waals surface area contributed by atoms with E-state index in [9.17, 15) is 0 Å². The molecule has 0 aliphatic heterocycles. The predicted molar refractivity (Wildman–Crippen MR) is 63.8 cm³/mol. The monoisotopic (exact) mass is 211 g/mol. The van der Waals surface area contributed by atoms with Crippen molar-refractivity contribution < 1.29 is 0 Å². The minimum absolute atomic E-state index is 0.287. The fourth-order valence-corrected chi connectivity index (χ4v) is 1.68. The van der Waals surface area contributed by atoms with Crippen LogP contribution in [0.4, 0.5) is 0 Å². The normalized spacial score (nSPS) is 12.6. The van der Waals surface area contributed by atoms with Gasteiger partial charge in [-0.25, -0.2) is 0 Å². The van der Waals surface area contributed by atoms with E-state index in [1.165, 1.54) is 0 Å². The van der Waals surface area contributed by atoms with Crippen molar-refractivity contribution in [3.8, 4) is 6.07 Å². The first-order valence-electron chi connectivity index (χ1n) is 5.14. The molecule has 3 nitrogen and oxygen atoms in total. The Balaban J connectivity index is 2.51. The quantitative estimate of drug-likeness (QED) is 0.765. The van der Waals surface area contributed by atoms with Gasteiger partial charge in [0.1, 0.15) is 6.04 Å². The smallest absolute Gasteiger partial charge is 0.140 e. The molecule has 1 unspecified atom stereocenters. The Kier molecular flexibility index (Phi) is 2.84. The Morgan fingerprint density at radius 1 is 1.19 bits per heavy atom. The number of rotatable bonds is 2. The van der Waals surface area contributed by atoms with Crippen molar-refractivity contribution >= 4 is 10.9 Å². The second kappa shape index (κ2) is 4.30. The average molecular weight is 211 g/mol. The van der Waals surface area contributed by atoms with E-state index in [1.807, 2.05) is 55.4 Å². The van der Waals surface area contributed by atoms with Gasteiger partial charge < -0.3 is 0 Å². The number of fused-ring (bicyclic) bond motifs is 1. The number of pyridine rings is 1.